The lowest BCUT2D eigenvalue weighted by atomic mass is 10.2. The minimum atomic E-state index is -1.09. The van der Waals surface area contributed by atoms with Crippen molar-refractivity contribution in [3.63, 3.8) is 0 Å². The lowest BCUT2D eigenvalue weighted by Gasteiger charge is -2.18. The molecule has 21 heavy (non-hydrogen) atoms. The summed E-state index contributed by atoms with van der Waals surface area (Å²) in [6.07, 6.45) is 1.53. The van der Waals surface area contributed by atoms with Crippen LogP contribution in [0.15, 0.2) is 42.6 Å². The van der Waals surface area contributed by atoms with E-state index in [4.69, 9.17) is 5.11 Å². The van der Waals surface area contributed by atoms with Gasteiger partial charge in [0.2, 0.25) is 5.91 Å². The summed E-state index contributed by atoms with van der Waals surface area (Å²) in [6.45, 7) is 0.0365. The molecule has 5 nitrogen and oxygen atoms in total. The van der Waals surface area contributed by atoms with Crippen molar-refractivity contribution in [1.29, 1.82) is 0 Å². The van der Waals surface area contributed by atoms with E-state index < -0.39 is 5.97 Å². The largest absolute Gasteiger partial charge is 0.477 e. The molecule has 0 fully saturated rings. The van der Waals surface area contributed by atoms with Crippen molar-refractivity contribution in [1.82, 2.24) is 9.47 Å². The Balaban J connectivity index is 2.05. The van der Waals surface area contributed by atoms with Crippen LogP contribution in [0.25, 0.3) is 0 Å². The quantitative estimate of drug-likeness (QED) is 0.916. The molecule has 0 aliphatic heterocycles. The first-order valence-electron chi connectivity index (χ1n) is 6.35. The molecule has 0 bridgehead atoms. The van der Waals surface area contributed by atoms with Crippen LogP contribution in [0.4, 0.5) is 4.39 Å². The van der Waals surface area contributed by atoms with Crippen LogP contribution in [-0.4, -0.2) is 33.5 Å². The van der Waals surface area contributed by atoms with Gasteiger partial charge in [0.15, 0.2) is 0 Å². The topological polar surface area (TPSA) is 62.5 Å². The molecule has 1 heterocycles. The molecule has 110 valence electrons. The van der Waals surface area contributed by atoms with Crippen molar-refractivity contribution < 1.29 is 19.1 Å². The summed E-state index contributed by atoms with van der Waals surface area (Å²) < 4.78 is 14.9. The van der Waals surface area contributed by atoms with Gasteiger partial charge in [-0.05, 0) is 18.2 Å². The summed E-state index contributed by atoms with van der Waals surface area (Å²) in [6, 6.07) is 9.21. The molecule has 0 saturated heterocycles. The van der Waals surface area contributed by atoms with Crippen molar-refractivity contribution in [2.24, 2.45) is 0 Å². The van der Waals surface area contributed by atoms with E-state index in [-0.39, 0.29) is 30.5 Å². The zero-order chi connectivity index (χ0) is 15.4. The molecule has 0 aliphatic rings. The fourth-order valence-corrected chi connectivity index (χ4v) is 1.98. The van der Waals surface area contributed by atoms with E-state index in [0.29, 0.717) is 5.56 Å². The number of nitrogens with zero attached hydrogens (tertiary/aromatic N) is 2. The number of carbonyl (C=O) groups excluding carboxylic acids is 1. The van der Waals surface area contributed by atoms with Gasteiger partial charge in [0.05, 0.1) is 0 Å². The number of hydrogen-bond donors (Lipinski definition) is 1. The molecule has 1 aromatic heterocycles. The van der Waals surface area contributed by atoms with Crippen LogP contribution in [0.1, 0.15) is 16.1 Å². The number of carbonyl (C=O) groups is 2. The summed E-state index contributed by atoms with van der Waals surface area (Å²) in [5, 5.41) is 8.98. The van der Waals surface area contributed by atoms with E-state index in [1.54, 1.807) is 31.3 Å². The third-order valence-corrected chi connectivity index (χ3v) is 3.15. The smallest absolute Gasteiger partial charge is 0.352 e. The SMILES string of the molecule is CN(Cc1ccccc1F)C(=O)Cn1cccc1C(=O)O. The normalized spacial score (nSPS) is 10.4. The number of rotatable bonds is 5. The average Bonchev–Trinajstić information content (AvgIpc) is 2.89. The van der Waals surface area contributed by atoms with Gasteiger partial charge >= 0.3 is 5.97 Å². The Morgan fingerprint density at radius 3 is 2.62 bits per heavy atom. The van der Waals surface area contributed by atoms with E-state index in [1.807, 2.05) is 0 Å². The summed E-state index contributed by atoms with van der Waals surface area (Å²) >= 11 is 0. The first-order chi connectivity index (χ1) is 9.99. The van der Waals surface area contributed by atoms with Crippen LogP contribution in [0.5, 0.6) is 0 Å². The Morgan fingerprint density at radius 2 is 1.95 bits per heavy atom. The highest BCUT2D eigenvalue weighted by Crippen LogP contribution is 2.10. The fourth-order valence-electron chi connectivity index (χ4n) is 1.98. The van der Waals surface area contributed by atoms with Gasteiger partial charge in [0.1, 0.15) is 18.1 Å². The minimum absolute atomic E-state index is 0.0441. The highest BCUT2D eigenvalue weighted by molar-refractivity contribution is 5.86. The third kappa shape index (κ3) is 3.47. The molecular weight excluding hydrogens is 275 g/mol. The van der Waals surface area contributed by atoms with Crippen molar-refractivity contribution in [2.75, 3.05) is 7.05 Å². The first kappa shape index (κ1) is 14.8. The number of halogens is 1. The summed E-state index contributed by atoms with van der Waals surface area (Å²) in [4.78, 5) is 24.4. The van der Waals surface area contributed by atoms with Gasteiger partial charge in [-0.15, -0.1) is 0 Å². The molecule has 2 rings (SSSR count). The van der Waals surface area contributed by atoms with Crippen molar-refractivity contribution in [3.05, 3.63) is 59.7 Å². The average molecular weight is 290 g/mol. The van der Waals surface area contributed by atoms with Gasteiger partial charge in [-0.1, -0.05) is 18.2 Å². The summed E-state index contributed by atoms with van der Waals surface area (Å²) in [5.41, 5.74) is 0.460. The van der Waals surface area contributed by atoms with Crippen molar-refractivity contribution in [2.45, 2.75) is 13.1 Å². The zero-order valence-corrected chi connectivity index (χ0v) is 11.5. The van der Waals surface area contributed by atoms with Gasteiger partial charge in [0.25, 0.3) is 0 Å². The van der Waals surface area contributed by atoms with Crippen LogP contribution in [0.3, 0.4) is 0 Å². The number of aromatic carboxylic acids is 1. The maximum Gasteiger partial charge on any atom is 0.352 e. The maximum atomic E-state index is 13.5. The van der Waals surface area contributed by atoms with E-state index in [9.17, 15) is 14.0 Å². The Kier molecular flexibility index (Phi) is 4.37. The molecule has 0 spiro atoms. The predicted octanol–water partition coefficient (Wildman–Crippen LogP) is 1.98. The lowest BCUT2D eigenvalue weighted by Crippen LogP contribution is -2.30. The highest BCUT2D eigenvalue weighted by Gasteiger charge is 2.15. The van der Waals surface area contributed by atoms with E-state index in [1.165, 1.54) is 27.8 Å². The molecule has 0 atom stereocenters. The third-order valence-electron chi connectivity index (χ3n) is 3.15. The Labute approximate surface area is 121 Å². The maximum absolute atomic E-state index is 13.5. The molecule has 6 heteroatoms. The van der Waals surface area contributed by atoms with E-state index >= 15 is 0 Å². The zero-order valence-electron chi connectivity index (χ0n) is 11.5. The number of hydrogen-bond acceptors (Lipinski definition) is 2. The van der Waals surface area contributed by atoms with E-state index in [0.717, 1.165) is 0 Å². The molecule has 0 radical (unpaired) electrons. The Bertz CT molecular complexity index is 666. The molecule has 2 aromatic rings. The molecule has 0 unspecified atom stereocenters. The predicted molar refractivity (Wildman–Crippen MR) is 74.3 cm³/mol. The van der Waals surface area contributed by atoms with E-state index in [2.05, 4.69) is 0 Å². The number of likely N-dealkylation sites (N-methyl/N-ethyl adjacent to an activating group) is 1. The number of carboxylic acids is 1. The van der Waals surface area contributed by atoms with Gasteiger partial charge in [-0.25, -0.2) is 9.18 Å². The highest BCUT2D eigenvalue weighted by atomic mass is 19.1. The number of amides is 1. The summed E-state index contributed by atoms with van der Waals surface area (Å²) in [5.74, 6) is -1.76. The number of benzene rings is 1. The first-order valence-corrected chi connectivity index (χ1v) is 6.35. The summed E-state index contributed by atoms with van der Waals surface area (Å²) in [7, 11) is 1.55. The molecule has 1 amide bonds. The van der Waals surface area contributed by atoms with Crippen molar-refractivity contribution in [3.8, 4) is 0 Å². The van der Waals surface area contributed by atoms with Crippen LogP contribution in [0.2, 0.25) is 0 Å². The fraction of sp³-hybridized carbons (Fsp3) is 0.200. The monoisotopic (exact) mass is 290 g/mol. The van der Waals surface area contributed by atoms with Gasteiger partial charge < -0.3 is 14.6 Å². The lowest BCUT2D eigenvalue weighted by molar-refractivity contribution is -0.131. The minimum Gasteiger partial charge on any atom is -0.477 e. The molecular formula is C15H15FN2O3. The number of aromatic nitrogens is 1. The second-order valence-electron chi connectivity index (χ2n) is 4.67. The van der Waals surface area contributed by atoms with Crippen LogP contribution in [0, 0.1) is 5.82 Å². The number of carboxylic acid groups (broad SMARTS) is 1. The van der Waals surface area contributed by atoms with Crippen LogP contribution >= 0.6 is 0 Å². The standard InChI is InChI=1S/C15H15FN2O3/c1-17(9-11-5-2-3-6-12(11)16)14(19)10-18-8-4-7-13(18)15(20)21/h2-8H,9-10H2,1H3,(H,20,21). The van der Waals surface area contributed by atoms with Gasteiger partial charge in [0, 0.05) is 25.4 Å². The van der Waals surface area contributed by atoms with Crippen LogP contribution in [-0.2, 0) is 17.9 Å². The second-order valence-corrected chi connectivity index (χ2v) is 4.67. The second kappa shape index (κ2) is 6.21. The molecule has 0 saturated carbocycles. The van der Waals surface area contributed by atoms with Gasteiger partial charge in [-0.3, -0.25) is 4.79 Å². The molecule has 1 N–H and O–H groups in total. The van der Waals surface area contributed by atoms with Crippen molar-refractivity contribution >= 4 is 11.9 Å². The van der Waals surface area contributed by atoms with Crippen LogP contribution < -0.4 is 0 Å². The Hall–Kier alpha value is -2.63. The van der Waals surface area contributed by atoms with Gasteiger partial charge in [-0.2, -0.15) is 0 Å². The molecule has 0 aliphatic carbocycles. The Morgan fingerprint density at radius 1 is 1.24 bits per heavy atom. The molecule has 1 aromatic carbocycles.